The lowest BCUT2D eigenvalue weighted by atomic mass is 10.2. The second kappa shape index (κ2) is 7.00. The lowest BCUT2D eigenvalue weighted by Crippen LogP contribution is -2.82. The van der Waals surface area contributed by atoms with Gasteiger partial charge in [0.15, 0.2) is 0 Å². The van der Waals surface area contributed by atoms with Gasteiger partial charge in [0.2, 0.25) is 0 Å². The molecule has 1 rings (SSSR count). The Labute approximate surface area is 107 Å². The van der Waals surface area contributed by atoms with Gasteiger partial charge in [-0.1, -0.05) is 42.3 Å². The van der Waals surface area contributed by atoms with Crippen LogP contribution in [0.4, 0.5) is 0 Å². The highest BCUT2D eigenvalue weighted by Crippen LogP contribution is 2.28. The van der Waals surface area contributed by atoms with Gasteiger partial charge in [-0.2, -0.15) is 0 Å². The zero-order chi connectivity index (χ0) is 12.0. The van der Waals surface area contributed by atoms with Crippen molar-refractivity contribution >= 4 is 23.2 Å². The zero-order valence-electron chi connectivity index (χ0n) is 9.43. The summed E-state index contributed by atoms with van der Waals surface area (Å²) < 4.78 is 0. The molecule has 0 fully saturated rings. The van der Waals surface area contributed by atoms with E-state index in [-0.39, 0.29) is 10.8 Å². The Balaban J connectivity index is 2.47. The van der Waals surface area contributed by atoms with Crippen molar-refractivity contribution in [3.05, 3.63) is 27.7 Å². The molecule has 2 N–H and O–H groups in total. The fourth-order valence-corrected chi connectivity index (χ4v) is 2.10. The van der Waals surface area contributed by atoms with E-state index in [1.807, 2.05) is 0 Å². The Kier molecular flexibility index (Phi) is 5.96. The molecule has 90 valence electrons. The van der Waals surface area contributed by atoms with Crippen molar-refractivity contribution in [2.24, 2.45) is 0 Å². The fourth-order valence-electron chi connectivity index (χ4n) is 1.56. The topological polar surface area (TPSA) is 39.7 Å². The molecule has 0 amide bonds. The van der Waals surface area contributed by atoms with Crippen LogP contribution in [-0.4, -0.2) is 6.54 Å². The number of halogens is 2. The smallest absolute Gasteiger partial charge is 0.101 e. The Hall–Kier alpha value is -0.440. The van der Waals surface area contributed by atoms with Crippen LogP contribution < -0.4 is 10.4 Å². The summed E-state index contributed by atoms with van der Waals surface area (Å²) in [5.74, 6) is -0.0993. The van der Waals surface area contributed by atoms with E-state index in [0.29, 0.717) is 17.1 Å². The van der Waals surface area contributed by atoms with Crippen LogP contribution in [0.3, 0.4) is 0 Å². The first kappa shape index (κ1) is 13.6. The molecule has 1 aromatic carbocycles. The van der Waals surface area contributed by atoms with Crippen LogP contribution in [0.2, 0.25) is 10.0 Å². The van der Waals surface area contributed by atoms with Gasteiger partial charge >= 0.3 is 0 Å². The van der Waals surface area contributed by atoms with Gasteiger partial charge in [0.25, 0.3) is 0 Å². The van der Waals surface area contributed by atoms with E-state index < -0.39 is 0 Å². The van der Waals surface area contributed by atoms with Crippen molar-refractivity contribution in [1.82, 2.24) is 0 Å². The van der Waals surface area contributed by atoms with E-state index in [2.05, 4.69) is 12.2 Å². The molecule has 0 aliphatic rings. The third-order valence-corrected chi connectivity index (χ3v) is 2.96. The second-order valence-electron chi connectivity index (χ2n) is 3.86. The first-order chi connectivity index (χ1) is 7.65. The maximum Gasteiger partial charge on any atom is 0.101 e. The number of unbranched alkanes of at least 4 members (excludes halogenated alkanes) is 2. The van der Waals surface area contributed by atoms with Gasteiger partial charge in [-0.05, 0) is 25.0 Å². The third-order valence-electron chi connectivity index (χ3n) is 2.46. The van der Waals surface area contributed by atoms with Crippen LogP contribution in [0.1, 0.15) is 31.7 Å². The van der Waals surface area contributed by atoms with Crippen molar-refractivity contribution in [1.29, 1.82) is 0 Å². The van der Waals surface area contributed by atoms with Gasteiger partial charge in [0.1, 0.15) is 6.54 Å². The van der Waals surface area contributed by atoms with E-state index in [0.717, 1.165) is 6.54 Å². The Bertz CT molecular complexity index is 342. The molecule has 1 aromatic rings. The number of benzene rings is 1. The van der Waals surface area contributed by atoms with Crippen LogP contribution in [0.25, 0.3) is 0 Å². The second-order valence-corrected chi connectivity index (χ2v) is 4.71. The normalized spacial score (nSPS) is 10.7. The highest BCUT2D eigenvalue weighted by Gasteiger charge is 2.02. The average Bonchev–Trinajstić information content (AvgIpc) is 2.24. The molecule has 0 aliphatic carbocycles. The van der Waals surface area contributed by atoms with Gasteiger partial charge < -0.3 is 10.4 Å². The molecular weight excluding hydrogens is 245 g/mol. The Morgan fingerprint density at radius 3 is 2.69 bits per heavy atom. The monoisotopic (exact) mass is 261 g/mol. The molecule has 4 heteroatoms. The average molecular weight is 262 g/mol. The lowest BCUT2D eigenvalue weighted by molar-refractivity contribution is -0.671. The summed E-state index contributed by atoms with van der Waals surface area (Å²) >= 11 is 11.6. The van der Waals surface area contributed by atoms with Gasteiger partial charge in [-0.25, -0.2) is 0 Å². The van der Waals surface area contributed by atoms with Crippen LogP contribution in [-0.2, 0) is 6.54 Å². The maximum absolute atomic E-state index is 11.6. The number of nitrogens with two attached hydrogens (primary N) is 1. The maximum atomic E-state index is 11.6. The quantitative estimate of drug-likeness (QED) is 0.785. The predicted molar refractivity (Wildman–Crippen MR) is 65.9 cm³/mol. The molecule has 0 bridgehead atoms. The van der Waals surface area contributed by atoms with E-state index in [1.165, 1.54) is 25.3 Å². The molecule has 0 saturated heterocycles. The van der Waals surface area contributed by atoms with Gasteiger partial charge in [-0.15, -0.1) is 0 Å². The van der Waals surface area contributed by atoms with Crippen molar-refractivity contribution < 1.29 is 10.4 Å². The lowest BCUT2D eigenvalue weighted by Gasteiger charge is -2.14. The molecule has 16 heavy (non-hydrogen) atoms. The molecule has 0 aromatic heterocycles. The Morgan fingerprint density at radius 2 is 2.00 bits per heavy atom. The van der Waals surface area contributed by atoms with E-state index in [1.54, 1.807) is 6.07 Å². The summed E-state index contributed by atoms with van der Waals surface area (Å²) in [4.78, 5) is 0. The minimum atomic E-state index is -0.0993. The molecule has 0 spiro atoms. The molecule has 0 saturated carbocycles. The Morgan fingerprint density at radius 1 is 1.25 bits per heavy atom. The molecule has 0 heterocycles. The van der Waals surface area contributed by atoms with Crippen LogP contribution in [0.5, 0.6) is 5.75 Å². The summed E-state index contributed by atoms with van der Waals surface area (Å²) in [6.07, 6.45) is 3.62. The van der Waals surface area contributed by atoms with Crippen LogP contribution in [0, 0.1) is 0 Å². The number of hydrogen-bond donors (Lipinski definition) is 1. The van der Waals surface area contributed by atoms with Crippen LogP contribution >= 0.6 is 23.2 Å². The van der Waals surface area contributed by atoms with E-state index in [9.17, 15) is 5.11 Å². The van der Waals surface area contributed by atoms with Crippen LogP contribution in [0.15, 0.2) is 12.1 Å². The standard InChI is InChI=1S/C12H17Cl2NO/c1-2-3-4-5-15-8-9-6-10(13)7-11(14)12(9)16/h6-7,15-16H,2-5,8H2,1H3. The largest absolute Gasteiger partial charge is 0.871 e. The summed E-state index contributed by atoms with van der Waals surface area (Å²) in [7, 11) is 0. The molecular formula is C12H17Cl2NO. The van der Waals surface area contributed by atoms with Gasteiger partial charge in [0, 0.05) is 15.6 Å². The van der Waals surface area contributed by atoms with Crippen molar-refractivity contribution in [3.63, 3.8) is 0 Å². The minimum absolute atomic E-state index is 0.0993. The highest BCUT2D eigenvalue weighted by molar-refractivity contribution is 6.35. The summed E-state index contributed by atoms with van der Waals surface area (Å²) in [6, 6.07) is 3.19. The predicted octanol–water partition coefficient (Wildman–Crippen LogP) is 2.32. The molecule has 0 aliphatic heterocycles. The van der Waals surface area contributed by atoms with Crippen molar-refractivity contribution in [3.8, 4) is 5.75 Å². The summed E-state index contributed by atoms with van der Waals surface area (Å²) in [5, 5.41) is 14.5. The summed E-state index contributed by atoms with van der Waals surface area (Å²) in [5.41, 5.74) is 0.689. The number of rotatable bonds is 6. The molecule has 0 atom stereocenters. The minimum Gasteiger partial charge on any atom is -0.871 e. The number of hydrogen-bond acceptors (Lipinski definition) is 1. The van der Waals surface area contributed by atoms with Crippen molar-refractivity contribution in [2.75, 3.05) is 6.54 Å². The SMILES string of the molecule is CCCCC[NH2+]Cc1cc(Cl)cc(Cl)c1[O-]. The third kappa shape index (κ3) is 4.20. The molecule has 0 unspecified atom stereocenters. The van der Waals surface area contributed by atoms with Crippen molar-refractivity contribution in [2.45, 2.75) is 32.7 Å². The first-order valence-corrected chi connectivity index (χ1v) is 6.37. The fraction of sp³-hybridized carbons (Fsp3) is 0.500. The molecule has 0 radical (unpaired) electrons. The molecule has 2 nitrogen and oxygen atoms in total. The number of quaternary nitrogens is 1. The van der Waals surface area contributed by atoms with E-state index >= 15 is 0 Å². The highest BCUT2D eigenvalue weighted by atomic mass is 35.5. The zero-order valence-corrected chi connectivity index (χ0v) is 10.9. The van der Waals surface area contributed by atoms with Gasteiger partial charge in [0.05, 0.1) is 6.54 Å². The summed E-state index contributed by atoms with van der Waals surface area (Å²) in [6.45, 7) is 3.87. The van der Waals surface area contributed by atoms with E-state index in [4.69, 9.17) is 23.2 Å². The van der Waals surface area contributed by atoms with Gasteiger partial charge in [-0.3, -0.25) is 0 Å². The first-order valence-electron chi connectivity index (χ1n) is 5.61.